The van der Waals surface area contributed by atoms with Gasteiger partial charge in [-0.15, -0.1) is 0 Å². The molecule has 3 nitrogen and oxygen atoms in total. The maximum atomic E-state index is 8.64. The lowest BCUT2D eigenvalue weighted by Gasteiger charge is -2.21. The predicted octanol–water partition coefficient (Wildman–Crippen LogP) is 1.82. The normalized spacial score (nSPS) is 22.5. The highest BCUT2D eigenvalue weighted by Gasteiger charge is 2.15. The Morgan fingerprint density at radius 3 is 3.23 bits per heavy atom. The Hall–Kier alpha value is -0.950. The number of hydrogen-bond donors (Lipinski definition) is 0. The van der Waals surface area contributed by atoms with Gasteiger partial charge in [0.1, 0.15) is 6.07 Å². The van der Waals surface area contributed by atoms with E-state index >= 15 is 0 Å². The van der Waals surface area contributed by atoms with E-state index in [1.54, 1.807) is 6.20 Å². The van der Waals surface area contributed by atoms with Crippen molar-refractivity contribution >= 4 is 11.8 Å². The quantitative estimate of drug-likeness (QED) is 0.683. The minimum absolute atomic E-state index is 0.501. The summed E-state index contributed by atoms with van der Waals surface area (Å²) in [6, 6.07) is 2.60. The van der Waals surface area contributed by atoms with Crippen LogP contribution in [0.5, 0.6) is 0 Å². The van der Waals surface area contributed by atoms with Crippen molar-refractivity contribution in [3.05, 3.63) is 18.0 Å². The standard InChI is InChI=1S/C9H11N3S/c10-4-8-5-11-12(6-8)9-2-1-3-13-7-9/h5-6,9H,1-3,7H2. The van der Waals surface area contributed by atoms with Gasteiger partial charge >= 0.3 is 0 Å². The SMILES string of the molecule is N#Cc1cnn(C2CCCSC2)c1. The number of aromatic nitrogens is 2. The van der Waals surface area contributed by atoms with Crippen LogP contribution in [0.15, 0.2) is 12.4 Å². The van der Waals surface area contributed by atoms with Crippen molar-refractivity contribution < 1.29 is 0 Å². The van der Waals surface area contributed by atoms with Crippen LogP contribution >= 0.6 is 11.8 Å². The molecule has 0 aromatic carbocycles. The number of hydrogen-bond acceptors (Lipinski definition) is 3. The van der Waals surface area contributed by atoms with Crippen LogP contribution in [0.3, 0.4) is 0 Å². The van der Waals surface area contributed by atoms with E-state index in [1.165, 1.54) is 18.6 Å². The van der Waals surface area contributed by atoms with Gasteiger partial charge in [0.05, 0.1) is 17.8 Å². The van der Waals surface area contributed by atoms with Crippen LogP contribution in [0.1, 0.15) is 24.4 Å². The lowest BCUT2D eigenvalue weighted by Crippen LogP contribution is -2.16. The Labute approximate surface area is 81.7 Å². The maximum absolute atomic E-state index is 8.64. The molecule has 0 bridgehead atoms. The smallest absolute Gasteiger partial charge is 0.102 e. The third kappa shape index (κ3) is 1.86. The average Bonchev–Trinajstić information content (AvgIpc) is 2.67. The van der Waals surface area contributed by atoms with E-state index in [0.717, 1.165) is 5.75 Å². The van der Waals surface area contributed by atoms with Gasteiger partial charge in [-0.2, -0.15) is 22.1 Å². The molecule has 1 aromatic rings. The zero-order chi connectivity index (χ0) is 9.10. The molecule has 2 rings (SSSR count). The van der Waals surface area contributed by atoms with Gasteiger partial charge in [-0.3, -0.25) is 4.68 Å². The Balaban J connectivity index is 2.11. The summed E-state index contributed by atoms with van der Waals surface area (Å²) in [4.78, 5) is 0. The first-order valence-electron chi connectivity index (χ1n) is 4.42. The lowest BCUT2D eigenvalue weighted by atomic mass is 10.2. The van der Waals surface area contributed by atoms with Gasteiger partial charge in [0.25, 0.3) is 0 Å². The molecule has 1 aromatic heterocycles. The van der Waals surface area contributed by atoms with Crippen LogP contribution in [0, 0.1) is 11.3 Å². The molecule has 68 valence electrons. The molecule has 1 aliphatic heterocycles. The molecule has 0 N–H and O–H groups in total. The summed E-state index contributed by atoms with van der Waals surface area (Å²) in [6.07, 6.45) is 5.94. The fourth-order valence-electron chi connectivity index (χ4n) is 1.53. The van der Waals surface area contributed by atoms with Crippen molar-refractivity contribution in [2.24, 2.45) is 0 Å². The van der Waals surface area contributed by atoms with Crippen molar-refractivity contribution in [1.29, 1.82) is 5.26 Å². The lowest BCUT2D eigenvalue weighted by molar-refractivity contribution is 0.455. The number of nitrogens with zero attached hydrogens (tertiary/aromatic N) is 3. The van der Waals surface area contributed by atoms with E-state index in [-0.39, 0.29) is 0 Å². The van der Waals surface area contributed by atoms with Crippen LogP contribution in [-0.4, -0.2) is 21.3 Å². The summed E-state index contributed by atoms with van der Waals surface area (Å²) in [5.41, 5.74) is 0.663. The van der Waals surface area contributed by atoms with Gasteiger partial charge in [-0.25, -0.2) is 0 Å². The highest BCUT2D eigenvalue weighted by molar-refractivity contribution is 7.99. The maximum Gasteiger partial charge on any atom is 0.102 e. The minimum atomic E-state index is 0.501. The molecule has 0 spiro atoms. The second kappa shape index (κ2) is 3.84. The number of rotatable bonds is 1. The molecular weight excluding hydrogens is 182 g/mol. The molecule has 1 saturated heterocycles. The molecule has 0 radical (unpaired) electrons. The Morgan fingerprint density at radius 2 is 2.62 bits per heavy atom. The van der Waals surface area contributed by atoms with Gasteiger partial charge in [0, 0.05) is 11.9 Å². The first-order chi connectivity index (χ1) is 6.40. The van der Waals surface area contributed by atoms with E-state index < -0.39 is 0 Å². The van der Waals surface area contributed by atoms with E-state index in [2.05, 4.69) is 11.2 Å². The first kappa shape index (κ1) is 8.64. The summed E-state index contributed by atoms with van der Waals surface area (Å²) in [5, 5.41) is 12.8. The van der Waals surface area contributed by atoms with Crippen LogP contribution in [0.2, 0.25) is 0 Å². The molecule has 2 heterocycles. The predicted molar refractivity (Wildman–Crippen MR) is 52.5 cm³/mol. The second-order valence-electron chi connectivity index (χ2n) is 3.19. The number of nitriles is 1. The zero-order valence-electron chi connectivity index (χ0n) is 7.31. The van der Waals surface area contributed by atoms with Crippen molar-refractivity contribution in [2.45, 2.75) is 18.9 Å². The van der Waals surface area contributed by atoms with Crippen LogP contribution in [0.25, 0.3) is 0 Å². The van der Waals surface area contributed by atoms with Gasteiger partial charge < -0.3 is 0 Å². The molecular formula is C9H11N3S. The third-order valence-electron chi connectivity index (χ3n) is 2.24. The van der Waals surface area contributed by atoms with Gasteiger partial charge in [-0.1, -0.05) is 0 Å². The monoisotopic (exact) mass is 193 g/mol. The molecule has 1 unspecified atom stereocenters. The van der Waals surface area contributed by atoms with Crippen LogP contribution < -0.4 is 0 Å². The summed E-state index contributed by atoms with van der Waals surface area (Å²) in [5.74, 6) is 2.40. The third-order valence-corrected chi connectivity index (χ3v) is 3.44. The molecule has 13 heavy (non-hydrogen) atoms. The summed E-state index contributed by atoms with van der Waals surface area (Å²) >= 11 is 1.97. The largest absolute Gasteiger partial charge is 0.267 e. The molecule has 4 heteroatoms. The fraction of sp³-hybridized carbons (Fsp3) is 0.556. The number of thioether (sulfide) groups is 1. The molecule has 0 aliphatic carbocycles. The topological polar surface area (TPSA) is 41.6 Å². The van der Waals surface area contributed by atoms with Crippen molar-refractivity contribution in [1.82, 2.24) is 9.78 Å². The van der Waals surface area contributed by atoms with E-state index in [0.29, 0.717) is 11.6 Å². The second-order valence-corrected chi connectivity index (χ2v) is 4.34. The van der Waals surface area contributed by atoms with E-state index in [4.69, 9.17) is 5.26 Å². The summed E-state index contributed by atoms with van der Waals surface area (Å²) in [6.45, 7) is 0. The average molecular weight is 193 g/mol. The Morgan fingerprint density at radius 1 is 1.69 bits per heavy atom. The summed E-state index contributed by atoms with van der Waals surface area (Å²) < 4.78 is 1.94. The summed E-state index contributed by atoms with van der Waals surface area (Å²) in [7, 11) is 0. The minimum Gasteiger partial charge on any atom is -0.267 e. The Bertz CT molecular complexity index is 320. The zero-order valence-corrected chi connectivity index (χ0v) is 8.13. The van der Waals surface area contributed by atoms with E-state index in [1.807, 2.05) is 22.6 Å². The van der Waals surface area contributed by atoms with Crippen LogP contribution in [-0.2, 0) is 0 Å². The Kier molecular flexibility index (Phi) is 2.55. The van der Waals surface area contributed by atoms with Gasteiger partial charge in [0.15, 0.2) is 0 Å². The van der Waals surface area contributed by atoms with Gasteiger partial charge in [0.2, 0.25) is 0 Å². The molecule has 0 amide bonds. The highest BCUT2D eigenvalue weighted by Crippen LogP contribution is 2.26. The molecule has 1 atom stereocenters. The highest BCUT2D eigenvalue weighted by atomic mass is 32.2. The van der Waals surface area contributed by atoms with Crippen molar-refractivity contribution in [3.8, 4) is 6.07 Å². The van der Waals surface area contributed by atoms with Gasteiger partial charge in [-0.05, 0) is 18.6 Å². The first-order valence-corrected chi connectivity index (χ1v) is 5.57. The van der Waals surface area contributed by atoms with Crippen molar-refractivity contribution in [3.63, 3.8) is 0 Å². The molecule has 1 fully saturated rings. The molecule has 0 saturated carbocycles. The fourth-order valence-corrected chi connectivity index (χ4v) is 2.66. The molecule has 1 aliphatic rings. The van der Waals surface area contributed by atoms with Crippen molar-refractivity contribution in [2.75, 3.05) is 11.5 Å². The van der Waals surface area contributed by atoms with E-state index in [9.17, 15) is 0 Å². The van der Waals surface area contributed by atoms with Crippen LogP contribution in [0.4, 0.5) is 0 Å².